The number of nitrogens with zero attached hydrogens (tertiary/aromatic N) is 6. The molecule has 0 aliphatic carbocycles. The number of aryl methyl sites for hydroxylation is 1. The third-order valence-corrected chi connectivity index (χ3v) is 5.16. The van der Waals surface area contributed by atoms with E-state index < -0.39 is 0 Å². The van der Waals surface area contributed by atoms with Crippen molar-refractivity contribution in [1.82, 2.24) is 29.2 Å². The van der Waals surface area contributed by atoms with Crippen LogP contribution in [-0.4, -0.2) is 29.2 Å². The molecule has 0 saturated heterocycles. The molecule has 0 radical (unpaired) electrons. The van der Waals surface area contributed by atoms with Crippen molar-refractivity contribution in [3.05, 3.63) is 59.4 Å². The average molecular weight is 367 g/mol. The first kappa shape index (κ1) is 14.6. The summed E-state index contributed by atoms with van der Waals surface area (Å²) in [4.78, 5) is 5.32. The van der Waals surface area contributed by atoms with E-state index in [4.69, 9.17) is 16.7 Å². The summed E-state index contributed by atoms with van der Waals surface area (Å²) >= 11 is 7.57. The molecule has 0 N–H and O–H groups in total. The van der Waals surface area contributed by atoms with Gasteiger partial charge in [-0.05, 0) is 31.2 Å². The summed E-state index contributed by atoms with van der Waals surface area (Å²) in [6.07, 6.45) is 1.97. The summed E-state index contributed by atoms with van der Waals surface area (Å²) in [6, 6.07) is 13.5. The fourth-order valence-electron chi connectivity index (χ4n) is 2.89. The van der Waals surface area contributed by atoms with Crippen LogP contribution in [0.1, 0.15) is 5.69 Å². The highest BCUT2D eigenvalue weighted by atomic mass is 35.5. The number of hydrogen-bond donors (Lipinski definition) is 0. The highest BCUT2D eigenvalue weighted by Crippen LogP contribution is 2.30. The Hall–Kier alpha value is -2.77. The van der Waals surface area contributed by atoms with Crippen molar-refractivity contribution in [3.63, 3.8) is 0 Å². The average Bonchev–Trinajstić information content (AvgIpc) is 3.26. The molecule has 25 heavy (non-hydrogen) atoms. The summed E-state index contributed by atoms with van der Waals surface area (Å²) in [6.45, 7) is 1.97. The molecule has 0 aliphatic rings. The number of imidazole rings is 1. The quantitative estimate of drug-likeness (QED) is 0.471. The smallest absolute Gasteiger partial charge is 0.235 e. The Morgan fingerprint density at radius 2 is 2.00 bits per heavy atom. The second-order valence-corrected chi connectivity index (χ2v) is 7.00. The lowest BCUT2D eigenvalue weighted by molar-refractivity contribution is 0.954. The topological polar surface area (TPSA) is 60.4 Å². The number of halogens is 1. The molecule has 0 fully saturated rings. The molecule has 5 rings (SSSR count). The molecule has 8 heteroatoms. The summed E-state index contributed by atoms with van der Waals surface area (Å²) < 4.78 is 3.77. The van der Waals surface area contributed by atoms with E-state index in [1.165, 1.54) is 11.3 Å². The Morgan fingerprint density at radius 1 is 1.08 bits per heavy atom. The molecule has 0 spiro atoms. The normalized spacial score (nSPS) is 11.6. The van der Waals surface area contributed by atoms with Gasteiger partial charge in [-0.15, -0.1) is 10.2 Å². The molecule has 122 valence electrons. The van der Waals surface area contributed by atoms with Crippen LogP contribution >= 0.6 is 22.9 Å². The van der Waals surface area contributed by atoms with E-state index in [9.17, 15) is 0 Å². The van der Waals surface area contributed by atoms with Crippen molar-refractivity contribution in [2.75, 3.05) is 0 Å². The van der Waals surface area contributed by atoms with Crippen LogP contribution < -0.4 is 0 Å². The van der Waals surface area contributed by atoms with E-state index in [2.05, 4.69) is 15.2 Å². The van der Waals surface area contributed by atoms with Gasteiger partial charge in [0.25, 0.3) is 0 Å². The maximum Gasteiger partial charge on any atom is 0.235 e. The van der Waals surface area contributed by atoms with Gasteiger partial charge in [-0.3, -0.25) is 4.40 Å². The van der Waals surface area contributed by atoms with Crippen molar-refractivity contribution in [3.8, 4) is 22.1 Å². The number of rotatable bonds is 2. The Labute approximate surface area is 151 Å². The SMILES string of the molecule is Cc1nc2ccccn2c1-c1nnc2sc(-c3cccc(Cl)c3)nn12. The maximum absolute atomic E-state index is 6.10. The maximum atomic E-state index is 6.10. The van der Waals surface area contributed by atoms with Crippen LogP contribution in [0.5, 0.6) is 0 Å². The van der Waals surface area contributed by atoms with Crippen LogP contribution in [0.2, 0.25) is 5.02 Å². The Balaban J connectivity index is 1.73. The van der Waals surface area contributed by atoms with Crippen LogP contribution in [0.15, 0.2) is 48.7 Å². The minimum absolute atomic E-state index is 0.677. The molecule has 4 heterocycles. The van der Waals surface area contributed by atoms with Gasteiger partial charge in [0.1, 0.15) is 16.3 Å². The highest BCUT2D eigenvalue weighted by molar-refractivity contribution is 7.19. The van der Waals surface area contributed by atoms with Gasteiger partial charge in [-0.2, -0.15) is 9.61 Å². The third kappa shape index (κ3) is 2.24. The zero-order chi connectivity index (χ0) is 17.0. The largest absolute Gasteiger partial charge is 0.297 e. The summed E-state index contributed by atoms with van der Waals surface area (Å²) in [5.41, 5.74) is 3.62. The molecule has 5 aromatic rings. The van der Waals surface area contributed by atoms with Gasteiger partial charge < -0.3 is 0 Å². The summed E-state index contributed by atoms with van der Waals surface area (Å²) in [5, 5.41) is 14.8. The van der Waals surface area contributed by atoms with Crippen LogP contribution in [0.3, 0.4) is 0 Å². The van der Waals surface area contributed by atoms with E-state index in [1.807, 2.05) is 60.0 Å². The van der Waals surface area contributed by atoms with Gasteiger partial charge in [0, 0.05) is 16.8 Å². The van der Waals surface area contributed by atoms with Crippen LogP contribution in [0.25, 0.3) is 32.7 Å². The van der Waals surface area contributed by atoms with Crippen molar-refractivity contribution >= 4 is 33.5 Å². The number of fused-ring (bicyclic) bond motifs is 2. The molecule has 0 aliphatic heterocycles. The lowest BCUT2D eigenvalue weighted by atomic mass is 10.2. The Kier molecular flexibility index (Phi) is 3.13. The molecule has 0 saturated carbocycles. The van der Waals surface area contributed by atoms with Gasteiger partial charge in [0.05, 0.1) is 5.69 Å². The minimum atomic E-state index is 0.677. The minimum Gasteiger partial charge on any atom is -0.297 e. The first-order chi connectivity index (χ1) is 12.2. The third-order valence-electron chi connectivity index (χ3n) is 3.98. The molecule has 1 aromatic carbocycles. The predicted octanol–water partition coefficient (Wildman–Crippen LogP) is 4.13. The lowest BCUT2D eigenvalue weighted by Gasteiger charge is -1.99. The zero-order valence-electron chi connectivity index (χ0n) is 13.1. The number of aromatic nitrogens is 6. The molecule has 4 aromatic heterocycles. The van der Waals surface area contributed by atoms with Crippen molar-refractivity contribution < 1.29 is 0 Å². The molecular weight excluding hydrogens is 356 g/mol. The Bertz CT molecular complexity index is 1230. The van der Waals surface area contributed by atoms with E-state index in [0.29, 0.717) is 10.8 Å². The first-order valence-corrected chi connectivity index (χ1v) is 8.82. The molecular formula is C17H11ClN6S. The van der Waals surface area contributed by atoms with Gasteiger partial charge in [-0.25, -0.2) is 4.98 Å². The van der Waals surface area contributed by atoms with E-state index in [1.54, 1.807) is 4.52 Å². The van der Waals surface area contributed by atoms with Gasteiger partial charge in [0.2, 0.25) is 10.8 Å². The van der Waals surface area contributed by atoms with Crippen LogP contribution in [-0.2, 0) is 0 Å². The van der Waals surface area contributed by atoms with E-state index >= 15 is 0 Å². The summed E-state index contributed by atoms with van der Waals surface area (Å²) in [7, 11) is 0. The van der Waals surface area contributed by atoms with E-state index in [-0.39, 0.29) is 0 Å². The molecule has 0 unspecified atom stereocenters. The molecule has 0 atom stereocenters. The Morgan fingerprint density at radius 3 is 2.88 bits per heavy atom. The van der Waals surface area contributed by atoms with Crippen molar-refractivity contribution in [2.45, 2.75) is 6.92 Å². The monoisotopic (exact) mass is 366 g/mol. The van der Waals surface area contributed by atoms with Crippen LogP contribution in [0, 0.1) is 6.92 Å². The second kappa shape index (κ2) is 5.37. The van der Waals surface area contributed by atoms with Crippen molar-refractivity contribution in [2.24, 2.45) is 0 Å². The standard InChI is InChI=1S/C17H11ClN6S/c1-10-14(23-8-3-2-7-13(23)19-10)15-20-21-17-24(15)22-16(25-17)11-5-4-6-12(18)9-11/h2-9H,1H3. The first-order valence-electron chi connectivity index (χ1n) is 7.63. The van der Waals surface area contributed by atoms with E-state index in [0.717, 1.165) is 32.6 Å². The van der Waals surface area contributed by atoms with Gasteiger partial charge >= 0.3 is 0 Å². The molecule has 0 amide bonds. The summed E-state index contributed by atoms with van der Waals surface area (Å²) in [5.74, 6) is 0.677. The van der Waals surface area contributed by atoms with Crippen LogP contribution in [0.4, 0.5) is 0 Å². The number of benzene rings is 1. The number of pyridine rings is 1. The van der Waals surface area contributed by atoms with Crippen molar-refractivity contribution in [1.29, 1.82) is 0 Å². The fraction of sp³-hybridized carbons (Fsp3) is 0.0588. The number of hydrogen-bond acceptors (Lipinski definition) is 5. The zero-order valence-corrected chi connectivity index (χ0v) is 14.7. The predicted molar refractivity (Wildman–Crippen MR) is 98.0 cm³/mol. The van der Waals surface area contributed by atoms with Gasteiger partial charge in [-0.1, -0.05) is 41.1 Å². The van der Waals surface area contributed by atoms with Gasteiger partial charge in [0.15, 0.2) is 0 Å². The molecule has 6 nitrogen and oxygen atoms in total. The highest BCUT2D eigenvalue weighted by Gasteiger charge is 2.20. The fourth-order valence-corrected chi connectivity index (χ4v) is 3.91. The lowest BCUT2D eigenvalue weighted by Crippen LogP contribution is -1.96. The molecule has 0 bridgehead atoms. The second-order valence-electron chi connectivity index (χ2n) is 5.61.